The van der Waals surface area contributed by atoms with Crippen molar-refractivity contribution in [3.63, 3.8) is 0 Å². The van der Waals surface area contributed by atoms with Crippen molar-refractivity contribution in [1.82, 2.24) is 25.5 Å². The van der Waals surface area contributed by atoms with Crippen molar-refractivity contribution >= 4 is 0 Å². The molecule has 0 bridgehead atoms. The molecule has 2 rings (SSSR count). The Morgan fingerprint density at radius 3 is 2.15 bits per heavy atom. The van der Waals surface area contributed by atoms with Crippen LogP contribution in [0, 0.1) is 0 Å². The predicted molar refractivity (Wildman–Crippen MR) is 124 cm³/mol. The normalized spacial score (nSPS) is 22.8. The van der Waals surface area contributed by atoms with Crippen LogP contribution in [-0.2, 0) is 11.2 Å². The third-order valence-corrected chi connectivity index (χ3v) is 5.63. The van der Waals surface area contributed by atoms with Gasteiger partial charge in [0, 0.05) is 11.8 Å². The van der Waals surface area contributed by atoms with Crippen LogP contribution in [0.1, 0.15) is 37.5 Å². The van der Waals surface area contributed by atoms with Crippen molar-refractivity contribution in [3.8, 4) is 0 Å². The number of aromatic amines is 1. The number of aromatic nitrogens is 2. The van der Waals surface area contributed by atoms with E-state index in [2.05, 4.69) is 20.9 Å². The van der Waals surface area contributed by atoms with Crippen LogP contribution < -0.4 is 32.9 Å². The van der Waals surface area contributed by atoms with Gasteiger partial charge < -0.3 is 41.7 Å². The summed E-state index contributed by atoms with van der Waals surface area (Å²) in [5, 5.41) is 39.3. The first-order valence-electron chi connectivity index (χ1n) is 11.8. The van der Waals surface area contributed by atoms with E-state index in [1.54, 1.807) is 0 Å². The second kappa shape index (κ2) is 15.3. The molecule has 1 aromatic heterocycles. The minimum Gasteiger partial charge on any atom is -0.394 e. The van der Waals surface area contributed by atoms with Gasteiger partial charge >= 0.3 is 5.69 Å². The van der Waals surface area contributed by atoms with Crippen molar-refractivity contribution in [1.29, 1.82) is 0 Å². The van der Waals surface area contributed by atoms with Gasteiger partial charge in [-0.15, -0.1) is 0 Å². The maximum atomic E-state index is 12.2. The van der Waals surface area contributed by atoms with Gasteiger partial charge in [0.05, 0.1) is 6.61 Å². The van der Waals surface area contributed by atoms with Crippen LogP contribution in [0.3, 0.4) is 0 Å². The number of ether oxygens (including phenoxy) is 1. The molecule has 2 heterocycles. The van der Waals surface area contributed by atoms with E-state index in [0.29, 0.717) is 18.5 Å². The molecule has 1 aromatic rings. The molecule has 0 aliphatic carbocycles. The summed E-state index contributed by atoms with van der Waals surface area (Å²) >= 11 is 0. The van der Waals surface area contributed by atoms with Crippen molar-refractivity contribution in [2.75, 3.05) is 52.4 Å². The average molecular weight is 473 g/mol. The zero-order chi connectivity index (χ0) is 24.1. The Kier molecular flexibility index (Phi) is 12.8. The molecule has 9 N–H and O–H groups in total. The molecule has 190 valence electrons. The van der Waals surface area contributed by atoms with E-state index < -0.39 is 42.4 Å². The van der Waals surface area contributed by atoms with E-state index in [1.165, 1.54) is 6.20 Å². The maximum Gasteiger partial charge on any atom is 0.330 e. The monoisotopic (exact) mass is 472 g/mol. The molecule has 0 saturated carbocycles. The highest BCUT2D eigenvalue weighted by atomic mass is 16.6. The molecule has 0 unspecified atom stereocenters. The second-order valence-corrected chi connectivity index (χ2v) is 8.25. The van der Waals surface area contributed by atoms with Crippen molar-refractivity contribution in [2.24, 2.45) is 5.73 Å². The van der Waals surface area contributed by atoms with Crippen molar-refractivity contribution in [3.05, 3.63) is 32.6 Å². The molecular formula is C21H40N6O6. The maximum absolute atomic E-state index is 12.2. The van der Waals surface area contributed by atoms with E-state index in [1.807, 2.05) is 0 Å². The molecule has 0 aromatic carbocycles. The van der Waals surface area contributed by atoms with Gasteiger partial charge in [0.15, 0.2) is 6.23 Å². The van der Waals surface area contributed by atoms with Gasteiger partial charge in [-0.3, -0.25) is 14.3 Å². The Hall–Kier alpha value is -1.64. The Labute approximate surface area is 193 Å². The van der Waals surface area contributed by atoms with Crippen LogP contribution in [0.15, 0.2) is 15.8 Å². The van der Waals surface area contributed by atoms with Crippen molar-refractivity contribution in [2.45, 2.75) is 56.6 Å². The van der Waals surface area contributed by atoms with Crippen LogP contribution in [-0.4, -0.2) is 95.6 Å². The molecule has 33 heavy (non-hydrogen) atoms. The van der Waals surface area contributed by atoms with Gasteiger partial charge in [-0.2, -0.15) is 0 Å². The standard InChI is InChI=1S/C21H40N6O6/c22-6-3-9-23-7-1-2-8-24-10-4-11-25-12-5-15-13-27(21(32)26-19(15)31)20-18(30)17(29)16(14-28)33-20/h13,16-18,20,23-25,28-30H,1-12,14,22H2,(H,26,31,32)/t16-,17-,18-,20-/m1/s1. The number of hydrogen-bond acceptors (Lipinski definition) is 10. The SMILES string of the molecule is NCCCNCCCCNCCCNCCc1cn([C@@H]2O[C@H](CO)[C@@H](O)[C@H]2O)c(=O)[nH]c1=O. The fourth-order valence-corrected chi connectivity index (χ4v) is 3.67. The minimum absolute atomic E-state index is 0.359. The fraction of sp³-hybridized carbons (Fsp3) is 0.810. The van der Waals surface area contributed by atoms with Crippen LogP contribution in [0.5, 0.6) is 0 Å². The van der Waals surface area contributed by atoms with Crippen molar-refractivity contribution < 1.29 is 20.1 Å². The Bertz CT molecular complexity index is 787. The second-order valence-electron chi connectivity index (χ2n) is 8.25. The Morgan fingerprint density at radius 1 is 0.939 bits per heavy atom. The van der Waals surface area contributed by atoms with Crippen LogP contribution >= 0.6 is 0 Å². The first-order valence-corrected chi connectivity index (χ1v) is 11.8. The molecule has 1 aliphatic heterocycles. The third-order valence-electron chi connectivity index (χ3n) is 5.63. The predicted octanol–water partition coefficient (Wildman–Crippen LogP) is -3.02. The zero-order valence-corrected chi connectivity index (χ0v) is 19.2. The molecule has 0 radical (unpaired) electrons. The summed E-state index contributed by atoms with van der Waals surface area (Å²) < 4.78 is 6.44. The van der Waals surface area contributed by atoms with Crippen LogP contribution in [0.4, 0.5) is 0 Å². The highest BCUT2D eigenvalue weighted by Gasteiger charge is 2.43. The molecule has 0 amide bonds. The van der Waals surface area contributed by atoms with E-state index in [-0.39, 0.29) is 0 Å². The number of aliphatic hydroxyl groups is 3. The lowest BCUT2D eigenvalue weighted by Crippen LogP contribution is -2.39. The lowest BCUT2D eigenvalue weighted by atomic mass is 10.1. The lowest BCUT2D eigenvalue weighted by Gasteiger charge is -2.18. The first kappa shape index (κ1) is 27.6. The number of nitrogens with one attached hydrogen (secondary N) is 4. The van der Waals surface area contributed by atoms with Crippen LogP contribution in [0.25, 0.3) is 0 Å². The molecule has 4 atom stereocenters. The average Bonchev–Trinajstić information content (AvgIpc) is 3.09. The van der Waals surface area contributed by atoms with Gasteiger partial charge in [0.25, 0.3) is 5.56 Å². The molecule has 0 spiro atoms. The Morgan fingerprint density at radius 2 is 1.55 bits per heavy atom. The molecule has 12 nitrogen and oxygen atoms in total. The molecule has 1 aliphatic rings. The number of hydrogen-bond donors (Lipinski definition) is 8. The third kappa shape index (κ3) is 8.91. The molecule has 1 fully saturated rings. The Balaban J connectivity index is 1.64. The van der Waals surface area contributed by atoms with Gasteiger partial charge in [0.2, 0.25) is 0 Å². The van der Waals surface area contributed by atoms with Gasteiger partial charge in [-0.1, -0.05) is 0 Å². The smallest absolute Gasteiger partial charge is 0.330 e. The lowest BCUT2D eigenvalue weighted by molar-refractivity contribution is -0.0551. The summed E-state index contributed by atoms with van der Waals surface area (Å²) in [6, 6.07) is 0. The summed E-state index contributed by atoms with van der Waals surface area (Å²) in [4.78, 5) is 26.5. The van der Waals surface area contributed by atoms with Gasteiger partial charge in [-0.25, -0.2) is 4.79 Å². The molecular weight excluding hydrogens is 432 g/mol. The number of unbranched alkanes of at least 4 members (excludes halogenated alkanes) is 1. The highest BCUT2D eigenvalue weighted by molar-refractivity contribution is 5.06. The summed E-state index contributed by atoms with van der Waals surface area (Å²) in [6.07, 6.45) is 1.05. The summed E-state index contributed by atoms with van der Waals surface area (Å²) in [7, 11) is 0. The summed E-state index contributed by atoms with van der Waals surface area (Å²) in [6.45, 7) is 5.45. The van der Waals surface area contributed by atoms with E-state index in [9.17, 15) is 24.9 Å². The van der Waals surface area contributed by atoms with Crippen LogP contribution in [0.2, 0.25) is 0 Å². The summed E-state index contributed by atoms with van der Waals surface area (Å²) in [5.41, 5.74) is 4.56. The van der Waals surface area contributed by atoms with Gasteiger partial charge in [-0.05, 0) is 77.9 Å². The fourth-order valence-electron chi connectivity index (χ4n) is 3.67. The number of nitrogens with two attached hydrogens (primary N) is 1. The van der Waals surface area contributed by atoms with E-state index >= 15 is 0 Å². The van der Waals surface area contributed by atoms with E-state index in [4.69, 9.17) is 10.5 Å². The largest absolute Gasteiger partial charge is 0.394 e. The number of aliphatic hydroxyl groups excluding tert-OH is 3. The minimum atomic E-state index is -1.39. The van der Waals surface area contributed by atoms with E-state index in [0.717, 1.165) is 69.5 Å². The quantitative estimate of drug-likeness (QED) is 0.108. The summed E-state index contributed by atoms with van der Waals surface area (Å²) in [5.74, 6) is 0. The number of rotatable bonds is 17. The first-order chi connectivity index (χ1) is 16.0. The zero-order valence-electron chi connectivity index (χ0n) is 19.2. The van der Waals surface area contributed by atoms with Gasteiger partial charge in [0.1, 0.15) is 18.3 Å². The number of nitrogens with zero attached hydrogens (tertiary/aromatic N) is 1. The molecule has 12 heteroatoms. The number of H-pyrrole nitrogens is 1. The molecule has 1 saturated heterocycles. The topological polar surface area (TPSA) is 187 Å². The highest BCUT2D eigenvalue weighted by Crippen LogP contribution is 2.27.